The minimum atomic E-state index is -0.341. The first kappa shape index (κ1) is 14.8. The van der Waals surface area contributed by atoms with Gasteiger partial charge in [-0.05, 0) is 36.8 Å². The van der Waals surface area contributed by atoms with Crippen molar-refractivity contribution >= 4 is 28.3 Å². The van der Waals surface area contributed by atoms with Gasteiger partial charge in [-0.1, -0.05) is 24.3 Å². The zero-order valence-corrected chi connectivity index (χ0v) is 13.0. The van der Waals surface area contributed by atoms with E-state index >= 15 is 0 Å². The summed E-state index contributed by atoms with van der Waals surface area (Å²) < 4.78 is 5.27. The molecule has 0 radical (unpaired) electrons. The van der Waals surface area contributed by atoms with Crippen LogP contribution in [0.4, 0.5) is 16.2 Å². The summed E-state index contributed by atoms with van der Waals surface area (Å²) in [6.45, 7) is 1.96. The molecular weight excluding hydrogens is 290 g/mol. The Morgan fingerprint density at radius 1 is 1.04 bits per heavy atom. The molecule has 23 heavy (non-hydrogen) atoms. The van der Waals surface area contributed by atoms with Crippen LogP contribution in [-0.4, -0.2) is 18.1 Å². The highest BCUT2D eigenvalue weighted by atomic mass is 16.5. The number of carbonyl (C=O) groups is 1. The molecule has 1 heterocycles. The van der Waals surface area contributed by atoms with E-state index in [2.05, 4.69) is 15.6 Å². The van der Waals surface area contributed by atoms with Crippen molar-refractivity contribution in [1.82, 2.24) is 4.98 Å². The van der Waals surface area contributed by atoms with Gasteiger partial charge in [0.25, 0.3) is 0 Å². The number of fused-ring (bicyclic) bond motifs is 1. The first-order valence-corrected chi connectivity index (χ1v) is 7.24. The van der Waals surface area contributed by atoms with Gasteiger partial charge in [0.05, 0.1) is 24.0 Å². The van der Waals surface area contributed by atoms with E-state index in [1.165, 1.54) is 0 Å². The second-order valence-electron chi connectivity index (χ2n) is 5.16. The number of amides is 2. The smallest absolute Gasteiger partial charge is 0.323 e. The molecule has 1 aromatic heterocycles. The molecule has 0 unspecified atom stereocenters. The molecular formula is C18H17N3O2. The summed E-state index contributed by atoms with van der Waals surface area (Å²) in [4.78, 5) is 16.6. The Morgan fingerprint density at radius 2 is 1.83 bits per heavy atom. The molecule has 0 saturated carbocycles. The van der Waals surface area contributed by atoms with Gasteiger partial charge in [-0.2, -0.15) is 0 Å². The summed E-state index contributed by atoms with van der Waals surface area (Å²) >= 11 is 0. The summed E-state index contributed by atoms with van der Waals surface area (Å²) in [6.07, 6.45) is 1.70. The Labute approximate surface area is 134 Å². The lowest BCUT2D eigenvalue weighted by molar-refractivity contribution is 0.262. The number of hydrogen-bond acceptors (Lipinski definition) is 3. The monoisotopic (exact) mass is 307 g/mol. The second-order valence-corrected chi connectivity index (χ2v) is 5.16. The summed E-state index contributed by atoms with van der Waals surface area (Å²) in [7, 11) is 1.57. The molecule has 0 aliphatic carbocycles. The van der Waals surface area contributed by atoms with Gasteiger partial charge in [0.1, 0.15) is 5.75 Å². The van der Waals surface area contributed by atoms with Gasteiger partial charge in [-0.3, -0.25) is 4.98 Å². The third-order valence-corrected chi connectivity index (χ3v) is 3.48. The lowest BCUT2D eigenvalue weighted by Crippen LogP contribution is -2.20. The molecule has 0 spiro atoms. The van der Waals surface area contributed by atoms with Crippen molar-refractivity contribution in [3.05, 3.63) is 60.3 Å². The number of ether oxygens (including phenoxy) is 1. The first-order valence-electron chi connectivity index (χ1n) is 7.24. The van der Waals surface area contributed by atoms with Crippen molar-refractivity contribution in [2.75, 3.05) is 17.7 Å². The molecule has 5 heteroatoms. The van der Waals surface area contributed by atoms with Gasteiger partial charge in [0.2, 0.25) is 0 Å². The number of methoxy groups -OCH3 is 1. The Hall–Kier alpha value is -3.08. The normalized spacial score (nSPS) is 10.3. The van der Waals surface area contributed by atoms with E-state index in [9.17, 15) is 4.79 Å². The molecule has 0 aliphatic rings. The number of nitrogens with one attached hydrogen (secondary N) is 2. The highest BCUT2D eigenvalue weighted by Crippen LogP contribution is 2.26. The fourth-order valence-electron chi connectivity index (χ4n) is 2.40. The molecule has 0 aliphatic heterocycles. The standard InChI is InChI=1S/C18H17N3O2/c1-12-8-9-16(23-2)15(11-12)21-18(22)20-14-7-3-5-13-6-4-10-19-17(13)14/h3-11H,1-2H3,(H2,20,21,22). The molecule has 2 N–H and O–H groups in total. The van der Waals surface area contributed by atoms with Crippen LogP contribution in [0.25, 0.3) is 10.9 Å². The number of hydrogen-bond donors (Lipinski definition) is 2. The highest BCUT2D eigenvalue weighted by molar-refractivity contribution is 6.05. The van der Waals surface area contributed by atoms with Crippen molar-refractivity contribution < 1.29 is 9.53 Å². The van der Waals surface area contributed by atoms with Crippen LogP contribution in [0, 0.1) is 6.92 Å². The number of carbonyl (C=O) groups excluding carboxylic acids is 1. The number of aryl methyl sites for hydroxylation is 1. The number of pyridine rings is 1. The van der Waals surface area contributed by atoms with E-state index in [-0.39, 0.29) is 6.03 Å². The molecule has 2 aromatic carbocycles. The molecule has 0 bridgehead atoms. The predicted octanol–water partition coefficient (Wildman–Crippen LogP) is 4.20. The van der Waals surface area contributed by atoms with Crippen molar-refractivity contribution in [3.8, 4) is 5.75 Å². The molecule has 0 fully saturated rings. The van der Waals surface area contributed by atoms with Crippen LogP contribution in [0.1, 0.15) is 5.56 Å². The number of benzene rings is 2. The Balaban J connectivity index is 1.83. The number of para-hydroxylation sites is 1. The topological polar surface area (TPSA) is 63.2 Å². The lowest BCUT2D eigenvalue weighted by atomic mass is 10.2. The number of aromatic nitrogens is 1. The average Bonchev–Trinajstić information content (AvgIpc) is 2.55. The molecule has 3 aromatic rings. The number of anilines is 2. The fourth-order valence-corrected chi connectivity index (χ4v) is 2.40. The van der Waals surface area contributed by atoms with E-state index in [0.717, 1.165) is 16.5 Å². The number of urea groups is 1. The summed E-state index contributed by atoms with van der Waals surface area (Å²) in [6, 6.07) is 14.7. The van der Waals surface area contributed by atoms with E-state index in [1.54, 1.807) is 13.3 Å². The third kappa shape index (κ3) is 3.23. The molecule has 0 atom stereocenters. The van der Waals surface area contributed by atoms with E-state index in [1.807, 2.05) is 55.5 Å². The molecule has 3 rings (SSSR count). The van der Waals surface area contributed by atoms with E-state index in [0.29, 0.717) is 17.1 Å². The van der Waals surface area contributed by atoms with Gasteiger partial charge >= 0.3 is 6.03 Å². The van der Waals surface area contributed by atoms with Crippen molar-refractivity contribution in [1.29, 1.82) is 0 Å². The molecule has 116 valence electrons. The summed E-state index contributed by atoms with van der Waals surface area (Å²) in [5, 5.41) is 6.62. The maximum absolute atomic E-state index is 12.3. The van der Waals surface area contributed by atoms with Gasteiger partial charge in [0.15, 0.2) is 0 Å². The predicted molar refractivity (Wildman–Crippen MR) is 92.1 cm³/mol. The number of nitrogens with zero attached hydrogens (tertiary/aromatic N) is 1. The summed E-state index contributed by atoms with van der Waals surface area (Å²) in [5.74, 6) is 0.613. The minimum absolute atomic E-state index is 0.341. The van der Waals surface area contributed by atoms with Gasteiger partial charge in [0, 0.05) is 11.6 Å². The van der Waals surface area contributed by atoms with Gasteiger partial charge in [-0.25, -0.2) is 4.79 Å². The first-order chi connectivity index (χ1) is 11.2. The third-order valence-electron chi connectivity index (χ3n) is 3.48. The van der Waals surface area contributed by atoms with Crippen LogP contribution in [0.5, 0.6) is 5.75 Å². The quantitative estimate of drug-likeness (QED) is 0.762. The largest absolute Gasteiger partial charge is 0.495 e. The SMILES string of the molecule is COc1ccc(C)cc1NC(=O)Nc1cccc2cccnc12. The van der Waals surface area contributed by atoms with Crippen LogP contribution < -0.4 is 15.4 Å². The highest BCUT2D eigenvalue weighted by Gasteiger charge is 2.10. The molecule has 2 amide bonds. The minimum Gasteiger partial charge on any atom is -0.495 e. The van der Waals surface area contributed by atoms with Gasteiger partial charge < -0.3 is 15.4 Å². The molecule has 5 nitrogen and oxygen atoms in total. The Kier molecular flexibility index (Phi) is 4.10. The maximum atomic E-state index is 12.3. The van der Waals surface area contributed by atoms with Crippen LogP contribution in [0.15, 0.2) is 54.7 Å². The average molecular weight is 307 g/mol. The zero-order chi connectivity index (χ0) is 16.2. The second kappa shape index (κ2) is 6.36. The van der Waals surface area contributed by atoms with Crippen molar-refractivity contribution in [2.45, 2.75) is 6.92 Å². The Morgan fingerprint density at radius 3 is 2.65 bits per heavy atom. The van der Waals surface area contributed by atoms with E-state index in [4.69, 9.17) is 4.74 Å². The fraction of sp³-hybridized carbons (Fsp3) is 0.111. The maximum Gasteiger partial charge on any atom is 0.323 e. The van der Waals surface area contributed by atoms with Crippen LogP contribution >= 0.6 is 0 Å². The van der Waals surface area contributed by atoms with Gasteiger partial charge in [-0.15, -0.1) is 0 Å². The van der Waals surface area contributed by atoms with Crippen LogP contribution in [0.3, 0.4) is 0 Å². The zero-order valence-electron chi connectivity index (χ0n) is 13.0. The summed E-state index contributed by atoms with van der Waals surface area (Å²) in [5.41, 5.74) is 3.07. The van der Waals surface area contributed by atoms with E-state index < -0.39 is 0 Å². The van der Waals surface area contributed by atoms with Crippen molar-refractivity contribution in [3.63, 3.8) is 0 Å². The molecule has 0 saturated heterocycles. The van der Waals surface area contributed by atoms with Crippen molar-refractivity contribution in [2.24, 2.45) is 0 Å². The Bertz CT molecular complexity index is 857. The number of rotatable bonds is 3. The van der Waals surface area contributed by atoms with Crippen LogP contribution in [-0.2, 0) is 0 Å². The van der Waals surface area contributed by atoms with Crippen LogP contribution in [0.2, 0.25) is 0 Å². The lowest BCUT2D eigenvalue weighted by Gasteiger charge is -2.12.